The topological polar surface area (TPSA) is 36.3 Å². The normalized spacial score (nSPS) is 19.0. The average molecular weight is 278 g/mol. The Balaban J connectivity index is 1.94. The van der Waals surface area contributed by atoms with Gasteiger partial charge in [0.25, 0.3) is 0 Å². The van der Waals surface area contributed by atoms with Crippen LogP contribution in [-0.2, 0) is 22.4 Å². The van der Waals surface area contributed by atoms with Crippen LogP contribution in [0.3, 0.4) is 0 Å². The third kappa shape index (κ3) is 2.69. The van der Waals surface area contributed by atoms with E-state index in [2.05, 4.69) is 9.55 Å². The molecular formula is C15H19FN2O2. The molecule has 1 aromatic carbocycles. The van der Waals surface area contributed by atoms with Gasteiger partial charge in [-0.1, -0.05) is 0 Å². The van der Waals surface area contributed by atoms with Crippen molar-refractivity contribution in [1.29, 1.82) is 0 Å². The molecule has 0 saturated carbocycles. The quantitative estimate of drug-likeness (QED) is 0.842. The molecule has 1 aromatic heterocycles. The highest BCUT2D eigenvalue weighted by Gasteiger charge is 2.20. The number of benzene rings is 1. The molecule has 1 saturated heterocycles. The van der Waals surface area contributed by atoms with Crippen molar-refractivity contribution in [3.63, 3.8) is 0 Å². The number of hydrogen-bond acceptors (Lipinski definition) is 3. The Morgan fingerprint density at radius 3 is 3.15 bits per heavy atom. The Hall–Kier alpha value is -1.46. The van der Waals surface area contributed by atoms with Crippen LogP contribution in [0, 0.1) is 11.7 Å². The Kier molecular flexibility index (Phi) is 3.98. The molecule has 0 amide bonds. The van der Waals surface area contributed by atoms with Gasteiger partial charge < -0.3 is 14.0 Å². The number of halogens is 1. The zero-order valence-corrected chi connectivity index (χ0v) is 11.6. The lowest BCUT2D eigenvalue weighted by Crippen LogP contribution is -2.13. The van der Waals surface area contributed by atoms with Gasteiger partial charge in [0, 0.05) is 39.4 Å². The molecule has 0 spiro atoms. The molecule has 0 bridgehead atoms. The second kappa shape index (κ2) is 5.89. The highest BCUT2D eigenvalue weighted by atomic mass is 19.1. The van der Waals surface area contributed by atoms with Crippen LogP contribution in [0.15, 0.2) is 18.2 Å². The van der Waals surface area contributed by atoms with Gasteiger partial charge in [0.1, 0.15) is 11.6 Å². The third-order valence-electron chi connectivity index (χ3n) is 3.80. The number of fused-ring (bicyclic) bond motifs is 1. The molecule has 1 aliphatic rings. The molecule has 2 heterocycles. The monoisotopic (exact) mass is 278 g/mol. The highest BCUT2D eigenvalue weighted by Crippen LogP contribution is 2.22. The Morgan fingerprint density at radius 1 is 1.50 bits per heavy atom. The summed E-state index contributed by atoms with van der Waals surface area (Å²) in [6.07, 6.45) is 1.95. The van der Waals surface area contributed by atoms with Crippen molar-refractivity contribution < 1.29 is 13.9 Å². The van der Waals surface area contributed by atoms with Crippen molar-refractivity contribution in [2.45, 2.75) is 19.4 Å². The molecule has 4 nitrogen and oxygen atoms in total. The van der Waals surface area contributed by atoms with E-state index >= 15 is 0 Å². The summed E-state index contributed by atoms with van der Waals surface area (Å²) in [7, 11) is 1.68. The summed E-state index contributed by atoms with van der Waals surface area (Å²) >= 11 is 0. The maximum absolute atomic E-state index is 13.3. The Labute approximate surface area is 117 Å². The molecule has 108 valence electrons. The standard InChI is InChI=1S/C15H19FN2O2/c1-19-7-5-18-14-3-2-12(16)9-13(14)17-15(18)8-11-4-6-20-10-11/h2-3,9,11H,4-8,10H2,1H3/t11-/m1/s1. The van der Waals surface area contributed by atoms with Crippen LogP contribution in [0.1, 0.15) is 12.2 Å². The minimum absolute atomic E-state index is 0.246. The lowest BCUT2D eigenvalue weighted by molar-refractivity contribution is 0.182. The fourth-order valence-electron chi connectivity index (χ4n) is 2.74. The molecule has 0 aliphatic carbocycles. The maximum atomic E-state index is 13.3. The molecule has 5 heteroatoms. The Morgan fingerprint density at radius 2 is 2.40 bits per heavy atom. The van der Waals surface area contributed by atoms with Crippen molar-refractivity contribution in [3.05, 3.63) is 29.8 Å². The van der Waals surface area contributed by atoms with E-state index in [4.69, 9.17) is 9.47 Å². The lowest BCUT2D eigenvalue weighted by Gasteiger charge is -2.11. The molecule has 0 unspecified atom stereocenters. The van der Waals surface area contributed by atoms with Gasteiger partial charge in [0.05, 0.1) is 17.6 Å². The third-order valence-corrected chi connectivity index (χ3v) is 3.80. The maximum Gasteiger partial charge on any atom is 0.125 e. The molecule has 1 fully saturated rings. The van der Waals surface area contributed by atoms with Gasteiger partial charge in [-0.25, -0.2) is 9.37 Å². The van der Waals surface area contributed by atoms with Gasteiger partial charge in [-0.05, 0) is 24.5 Å². The molecular weight excluding hydrogens is 259 g/mol. The van der Waals surface area contributed by atoms with Crippen LogP contribution in [0.4, 0.5) is 4.39 Å². The summed E-state index contributed by atoms with van der Waals surface area (Å²) in [5.41, 5.74) is 1.69. The van der Waals surface area contributed by atoms with E-state index in [1.807, 2.05) is 0 Å². The van der Waals surface area contributed by atoms with E-state index in [-0.39, 0.29) is 5.82 Å². The number of methoxy groups -OCH3 is 1. The molecule has 3 rings (SSSR count). The van der Waals surface area contributed by atoms with E-state index in [1.165, 1.54) is 12.1 Å². The first-order chi connectivity index (χ1) is 9.78. The van der Waals surface area contributed by atoms with Crippen molar-refractivity contribution in [2.24, 2.45) is 5.92 Å². The second-order valence-electron chi connectivity index (χ2n) is 5.24. The number of aromatic nitrogens is 2. The predicted octanol–water partition coefficient (Wildman–Crippen LogP) is 2.40. The first-order valence-corrected chi connectivity index (χ1v) is 6.99. The molecule has 20 heavy (non-hydrogen) atoms. The average Bonchev–Trinajstić information content (AvgIpc) is 3.04. The van der Waals surface area contributed by atoms with E-state index in [0.29, 0.717) is 12.5 Å². The van der Waals surface area contributed by atoms with Crippen LogP contribution in [0.25, 0.3) is 11.0 Å². The molecule has 0 N–H and O–H groups in total. The number of rotatable bonds is 5. The molecule has 1 aliphatic heterocycles. The molecule has 0 radical (unpaired) electrons. The van der Waals surface area contributed by atoms with E-state index in [0.717, 1.165) is 49.5 Å². The van der Waals surface area contributed by atoms with Crippen LogP contribution < -0.4 is 0 Å². The number of imidazole rings is 1. The van der Waals surface area contributed by atoms with Crippen LogP contribution in [0.5, 0.6) is 0 Å². The summed E-state index contributed by atoms with van der Waals surface area (Å²) in [5, 5.41) is 0. The minimum atomic E-state index is -0.246. The SMILES string of the molecule is COCCn1c(C[C@H]2CCOC2)nc2cc(F)ccc21. The zero-order valence-electron chi connectivity index (χ0n) is 11.6. The van der Waals surface area contributed by atoms with Gasteiger partial charge in [-0.2, -0.15) is 0 Å². The van der Waals surface area contributed by atoms with Crippen molar-refractivity contribution >= 4 is 11.0 Å². The smallest absolute Gasteiger partial charge is 0.125 e. The van der Waals surface area contributed by atoms with Crippen molar-refractivity contribution in [2.75, 3.05) is 26.9 Å². The molecule has 2 aromatic rings. The minimum Gasteiger partial charge on any atom is -0.383 e. The lowest BCUT2D eigenvalue weighted by atomic mass is 10.1. The van der Waals surface area contributed by atoms with Gasteiger partial charge in [-0.15, -0.1) is 0 Å². The fraction of sp³-hybridized carbons (Fsp3) is 0.533. The van der Waals surface area contributed by atoms with Gasteiger partial charge in [0.2, 0.25) is 0 Å². The summed E-state index contributed by atoms with van der Waals surface area (Å²) in [5.74, 6) is 1.26. The number of nitrogens with zero attached hydrogens (tertiary/aromatic N) is 2. The van der Waals surface area contributed by atoms with E-state index in [1.54, 1.807) is 13.2 Å². The first-order valence-electron chi connectivity index (χ1n) is 6.99. The fourth-order valence-corrected chi connectivity index (χ4v) is 2.74. The van der Waals surface area contributed by atoms with Crippen LogP contribution in [0.2, 0.25) is 0 Å². The number of ether oxygens (including phenoxy) is 2. The zero-order chi connectivity index (χ0) is 13.9. The predicted molar refractivity (Wildman–Crippen MR) is 74.2 cm³/mol. The van der Waals surface area contributed by atoms with Crippen molar-refractivity contribution in [3.8, 4) is 0 Å². The second-order valence-corrected chi connectivity index (χ2v) is 5.24. The first kappa shape index (κ1) is 13.5. The number of hydrogen-bond donors (Lipinski definition) is 0. The summed E-state index contributed by atoms with van der Waals surface area (Å²) in [6, 6.07) is 4.77. The van der Waals surface area contributed by atoms with E-state index in [9.17, 15) is 4.39 Å². The van der Waals surface area contributed by atoms with Gasteiger partial charge >= 0.3 is 0 Å². The van der Waals surface area contributed by atoms with Gasteiger partial charge in [-0.3, -0.25) is 0 Å². The largest absolute Gasteiger partial charge is 0.383 e. The van der Waals surface area contributed by atoms with Crippen LogP contribution >= 0.6 is 0 Å². The van der Waals surface area contributed by atoms with Gasteiger partial charge in [0.15, 0.2) is 0 Å². The summed E-state index contributed by atoms with van der Waals surface area (Å²) in [6.45, 7) is 2.98. The van der Waals surface area contributed by atoms with E-state index < -0.39 is 0 Å². The Bertz CT molecular complexity index is 591. The van der Waals surface area contributed by atoms with Crippen LogP contribution in [-0.4, -0.2) is 36.5 Å². The van der Waals surface area contributed by atoms with Crippen molar-refractivity contribution in [1.82, 2.24) is 9.55 Å². The highest BCUT2D eigenvalue weighted by molar-refractivity contribution is 5.76. The summed E-state index contributed by atoms with van der Waals surface area (Å²) in [4.78, 5) is 4.60. The molecule has 1 atom stereocenters. The summed E-state index contributed by atoms with van der Waals surface area (Å²) < 4.78 is 26.1.